The van der Waals surface area contributed by atoms with Crippen molar-refractivity contribution in [3.8, 4) is 16.5 Å². The first-order chi connectivity index (χ1) is 10.7. The number of methoxy groups -OCH3 is 1. The summed E-state index contributed by atoms with van der Waals surface area (Å²) in [4.78, 5) is 0.922. The molecule has 1 unspecified atom stereocenters. The third-order valence-electron chi connectivity index (χ3n) is 3.08. The maximum atomic E-state index is 13.2. The zero-order chi connectivity index (χ0) is 15.5. The third kappa shape index (κ3) is 2.94. The Morgan fingerprint density at radius 1 is 1.32 bits per heavy atom. The molecule has 22 heavy (non-hydrogen) atoms. The van der Waals surface area contributed by atoms with Gasteiger partial charge in [-0.25, -0.2) is 4.39 Å². The predicted molar refractivity (Wildman–Crippen MR) is 82.6 cm³/mol. The molecule has 0 fully saturated rings. The number of benzene rings is 1. The Morgan fingerprint density at radius 2 is 2.18 bits per heavy atom. The summed E-state index contributed by atoms with van der Waals surface area (Å²) >= 11 is 1.53. The maximum Gasteiger partial charge on any atom is 0.257 e. The van der Waals surface area contributed by atoms with E-state index < -0.39 is 0 Å². The van der Waals surface area contributed by atoms with Crippen LogP contribution in [-0.2, 0) is 0 Å². The Kier molecular flexibility index (Phi) is 4.06. The van der Waals surface area contributed by atoms with Gasteiger partial charge in [0.1, 0.15) is 17.6 Å². The van der Waals surface area contributed by atoms with Crippen molar-refractivity contribution in [2.24, 2.45) is 0 Å². The van der Waals surface area contributed by atoms with Crippen molar-refractivity contribution in [3.63, 3.8) is 0 Å². The summed E-state index contributed by atoms with van der Waals surface area (Å²) in [6.07, 6.45) is 0. The Bertz CT molecular complexity index is 758. The van der Waals surface area contributed by atoms with Gasteiger partial charge in [-0.3, -0.25) is 0 Å². The van der Waals surface area contributed by atoms with Gasteiger partial charge in [0.2, 0.25) is 5.89 Å². The Hall–Kier alpha value is -2.41. The quantitative estimate of drug-likeness (QED) is 0.766. The molecule has 3 rings (SSSR count). The molecule has 1 N–H and O–H groups in total. The molecule has 0 aliphatic carbocycles. The van der Waals surface area contributed by atoms with Gasteiger partial charge in [-0.05, 0) is 30.5 Å². The fraction of sp³-hybridized carbons (Fsp3) is 0.200. The van der Waals surface area contributed by atoms with Crippen molar-refractivity contribution in [1.82, 2.24) is 10.2 Å². The van der Waals surface area contributed by atoms with Crippen molar-refractivity contribution >= 4 is 17.0 Å². The number of hydrogen-bond acceptors (Lipinski definition) is 6. The van der Waals surface area contributed by atoms with E-state index in [0.717, 1.165) is 4.88 Å². The smallest absolute Gasteiger partial charge is 0.257 e. The molecule has 0 bridgehead atoms. The number of ether oxygens (including phenoxy) is 1. The summed E-state index contributed by atoms with van der Waals surface area (Å²) in [5.41, 5.74) is 0.660. The van der Waals surface area contributed by atoms with Crippen molar-refractivity contribution in [3.05, 3.63) is 47.4 Å². The number of nitrogens with zero attached hydrogens (tertiary/aromatic N) is 2. The fourth-order valence-corrected chi connectivity index (χ4v) is 2.63. The molecule has 114 valence electrons. The molecule has 0 saturated heterocycles. The first-order valence-electron chi connectivity index (χ1n) is 6.64. The zero-order valence-corrected chi connectivity index (χ0v) is 12.9. The van der Waals surface area contributed by atoms with Crippen LogP contribution in [0.2, 0.25) is 0 Å². The molecule has 2 aromatic heterocycles. The van der Waals surface area contributed by atoms with Gasteiger partial charge in [0, 0.05) is 6.07 Å². The standard InChI is InChI=1S/C15H14FN3O2S/c1-9(17-11-6-5-10(16)8-12(11)20-2)14-18-19-15(21-14)13-4-3-7-22-13/h3-9,17H,1-2H3. The van der Waals surface area contributed by atoms with Crippen LogP contribution in [-0.4, -0.2) is 17.3 Å². The van der Waals surface area contributed by atoms with Gasteiger partial charge in [-0.2, -0.15) is 0 Å². The minimum Gasteiger partial charge on any atom is -0.494 e. The normalized spacial score (nSPS) is 12.1. The lowest BCUT2D eigenvalue weighted by Crippen LogP contribution is -2.08. The highest BCUT2D eigenvalue weighted by Crippen LogP contribution is 2.30. The Balaban J connectivity index is 1.79. The number of thiophene rings is 1. The molecule has 1 atom stereocenters. The summed E-state index contributed by atoms with van der Waals surface area (Å²) in [5.74, 6) is 1.01. The van der Waals surface area contributed by atoms with E-state index in [4.69, 9.17) is 9.15 Å². The topological polar surface area (TPSA) is 60.2 Å². The van der Waals surface area contributed by atoms with E-state index in [2.05, 4.69) is 15.5 Å². The summed E-state index contributed by atoms with van der Waals surface area (Å²) in [6.45, 7) is 1.88. The lowest BCUT2D eigenvalue weighted by molar-refractivity contribution is 0.411. The molecule has 0 spiro atoms. The SMILES string of the molecule is COc1cc(F)ccc1NC(C)c1nnc(-c2cccs2)o1. The van der Waals surface area contributed by atoms with E-state index in [1.54, 1.807) is 6.07 Å². The van der Waals surface area contributed by atoms with E-state index in [-0.39, 0.29) is 11.9 Å². The molecule has 0 aliphatic heterocycles. The van der Waals surface area contributed by atoms with Crippen molar-refractivity contribution < 1.29 is 13.5 Å². The van der Waals surface area contributed by atoms with Gasteiger partial charge >= 0.3 is 0 Å². The lowest BCUT2D eigenvalue weighted by atomic mass is 10.2. The Morgan fingerprint density at radius 3 is 2.91 bits per heavy atom. The van der Waals surface area contributed by atoms with Crippen LogP contribution in [0.25, 0.3) is 10.8 Å². The molecule has 2 heterocycles. The number of aromatic nitrogens is 2. The minimum absolute atomic E-state index is 0.236. The van der Waals surface area contributed by atoms with E-state index in [0.29, 0.717) is 23.2 Å². The monoisotopic (exact) mass is 319 g/mol. The third-order valence-corrected chi connectivity index (χ3v) is 3.94. The summed E-state index contributed by atoms with van der Waals surface area (Å²) in [5, 5.41) is 13.2. The van der Waals surface area contributed by atoms with E-state index >= 15 is 0 Å². The van der Waals surface area contributed by atoms with Gasteiger partial charge in [0.05, 0.1) is 17.7 Å². The number of hydrogen-bond donors (Lipinski definition) is 1. The second kappa shape index (κ2) is 6.15. The van der Waals surface area contributed by atoms with Gasteiger partial charge < -0.3 is 14.5 Å². The van der Waals surface area contributed by atoms with E-state index in [1.165, 1.54) is 30.6 Å². The van der Waals surface area contributed by atoms with Gasteiger partial charge in [-0.15, -0.1) is 21.5 Å². The highest BCUT2D eigenvalue weighted by atomic mass is 32.1. The van der Waals surface area contributed by atoms with Crippen LogP contribution in [0.4, 0.5) is 10.1 Å². The first-order valence-corrected chi connectivity index (χ1v) is 7.52. The summed E-state index contributed by atoms with van der Waals surface area (Å²) < 4.78 is 24.0. The lowest BCUT2D eigenvalue weighted by Gasteiger charge is -2.14. The fourth-order valence-electron chi connectivity index (χ4n) is 1.99. The number of halogens is 1. The molecule has 1 aromatic carbocycles. The Labute approximate surface area is 130 Å². The van der Waals surface area contributed by atoms with Crippen LogP contribution in [0.15, 0.2) is 40.1 Å². The number of rotatable bonds is 5. The first kappa shape index (κ1) is 14.5. The second-order valence-electron chi connectivity index (χ2n) is 4.63. The minimum atomic E-state index is -0.354. The van der Waals surface area contributed by atoms with Gasteiger partial charge in [0.15, 0.2) is 0 Å². The van der Waals surface area contributed by atoms with Crippen LogP contribution < -0.4 is 10.1 Å². The van der Waals surface area contributed by atoms with Crippen LogP contribution in [0.3, 0.4) is 0 Å². The molecule has 7 heteroatoms. The van der Waals surface area contributed by atoms with Gasteiger partial charge in [0.25, 0.3) is 5.89 Å². The second-order valence-corrected chi connectivity index (χ2v) is 5.58. The average molecular weight is 319 g/mol. The molecular formula is C15H14FN3O2S. The molecule has 0 radical (unpaired) electrons. The average Bonchev–Trinajstić information content (AvgIpc) is 3.19. The zero-order valence-electron chi connectivity index (χ0n) is 12.0. The highest BCUT2D eigenvalue weighted by Gasteiger charge is 2.17. The number of anilines is 1. The molecule has 0 saturated carbocycles. The van der Waals surface area contributed by atoms with E-state index in [1.807, 2.05) is 24.4 Å². The summed E-state index contributed by atoms with van der Waals surface area (Å²) in [6, 6.07) is 7.90. The van der Waals surface area contributed by atoms with Crippen LogP contribution in [0, 0.1) is 5.82 Å². The molecule has 0 aliphatic rings. The van der Waals surface area contributed by atoms with Gasteiger partial charge in [-0.1, -0.05) is 6.07 Å². The van der Waals surface area contributed by atoms with Crippen LogP contribution in [0.1, 0.15) is 18.9 Å². The number of nitrogens with one attached hydrogen (secondary N) is 1. The van der Waals surface area contributed by atoms with E-state index in [9.17, 15) is 4.39 Å². The highest BCUT2D eigenvalue weighted by molar-refractivity contribution is 7.13. The largest absolute Gasteiger partial charge is 0.494 e. The molecular weight excluding hydrogens is 305 g/mol. The van der Waals surface area contributed by atoms with Crippen molar-refractivity contribution in [2.75, 3.05) is 12.4 Å². The molecule has 3 aromatic rings. The van der Waals surface area contributed by atoms with Crippen molar-refractivity contribution in [1.29, 1.82) is 0 Å². The molecule has 5 nitrogen and oxygen atoms in total. The van der Waals surface area contributed by atoms with Crippen molar-refractivity contribution in [2.45, 2.75) is 13.0 Å². The van der Waals surface area contributed by atoms with Crippen LogP contribution in [0.5, 0.6) is 5.75 Å². The van der Waals surface area contributed by atoms with Crippen LogP contribution >= 0.6 is 11.3 Å². The molecule has 0 amide bonds. The predicted octanol–water partition coefficient (Wildman–Crippen LogP) is 4.12. The maximum absolute atomic E-state index is 13.2. The summed E-state index contributed by atoms with van der Waals surface area (Å²) in [7, 11) is 1.49.